The molecule has 1 aliphatic rings. The van der Waals surface area contributed by atoms with E-state index >= 15 is 0 Å². The Labute approximate surface area is 132 Å². The lowest BCUT2D eigenvalue weighted by Gasteiger charge is -2.01. The highest BCUT2D eigenvalue weighted by atomic mass is 16.6. The Bertz CT molecular complexity index is 785. The van der Waals surface area contributed by atoms with E-state index in [0.29, 0.717) is 17.5 Å². The Morgan fingerprint density at radius 1 is 1.26 bits per heavy atom. The summed E-state index contributed by atoms with van der Waals surface area (Å²) >= 11 is 0. The highest BCUT2D eigenvalue weighted by Gasteiger charge is 2.24. The summed E-state index contributed by atoms with van der Waals surface area (Å²) in [5.74, 6) is -0.00182. The van der Waals surface area contributed by atoms with Crippen molar-refractivity contribution in [3.8, 4) is 0 Å². The van der Waals surface area contributed by atoms with Gasteiger partial charge in [0.2, 0.25) is 5.90 Å². The van der Waals surface area contributed by atoms with Crippen LogP contribution in [-0.2, 0) is 20.7 Å². The summed E-state index contributed by atoms with van der Waals surface area (Å²) in [6.07, 6.45) is 3.67. The molecule has 6 heteroatoms. The second kappa shape index (κ2) is 6.31. The van der Waals surface area contributed by atoms with Crippen LogP contribution in [-0.4, -0.2) is 24.9 Å². The number of benzene rings is 1. The van der Waals surface area contributed by atoms with E-state index in [9.17, 15) is 9.59 Å². The SMILES string of the molecule is COC(=O)c1ccc(C2=N/C(=C/Cc3ccco3)C(=O)O2)cc1. The zero-order chi connectivity index (χ0) is 16.2. The molecule has 0 spiro atoms. The van der Waals surface area contributed by atoms with Crippen LogP contribution in [0.1, 0.15) is 21.7 Å². The fraction of sp³-hybridized carbons (Fsp3) is 0.118. The fourth-order valence-corrected chi connectivity index (χ4v) is 2.06. The van der Waals surface area contributed by atoms with Crippen molar-refractivity contribution in [3.63, 3.8) is 0 Å². The number of carbonyl (C=O) groups is 2. The van der Waals surface area contributed by atoms with Gasteiger partial charge in [0.15, 0.2) is 0 Å². The van der Waals surface area contributed by atoms with Gasteiger partial charge < -0.3 is 13.9 Å². The van der Waals surface area contributed by atoms with E-state index < -0.39 is 11.9 Å². The highest BCUT2D eigenvalue weighted by molar-refractivity contribution is 6.11. The third-order valence-electron chi connectivity index (χ3n) is 3.25. The minimum Gasteiger partial charge on any atom is -0.469 e. The number of nitrogens with zero attached hydrogens (tertiary/aromatic N) is 1. The molecule has 1 aliphatic heterocycles. The number of esters is 2. The number of hydrogen-bond acceptors (Lipinski definition) is 6. The van der Waals surface area contributed by atoms with E-state index in [0.717, 1.165) is 5.76 Å². The summed E-state index contributed by atoms with van der Waals surface area (Å²) in [5.41, 5.74) is 1.25. The number of carbonyl (C=O) groups excluding carboxylic acids is 2. The van der Waals surface area contributed by atoms with E-state index in [1.54, 1.807) is 42.7 Å². The van der Waals surface area contributed by atoms with Crippen molar-refractivity contribution in [2.45, 2.75) is 6.42 Å². The maximum Gasteiger partial charge on any atom is 0.363 e. The average molecular weight is 311 g/mol. The molecule has 0 atom stereocenters. The number of aliphatic imine (C=N–C) groups is 1. The first kappa shape index (κ1) is 14.8. The molecule has 0 bridgehead atoms. The topological polar surface area (TPSA) is 78.1 Å². The molecular formula is C17H13NO5. The molecule has 0 saturated carbocycles. The van der Waals surface area contributed by atoms with Crippen molar-refractivity contribution >= 4 is 17.8 Å². The van der Waals surface area contributed by atoms with Gasteiger partial charge >= 0.3 is 11.9 Å². The van der Waals surface area contributed by atoms with Gasteiger partial charge in [-0.15, -0.1) is 0 Å². The van der Waals surface area contributed by atoms with Gasteiger partial charge in [0, 0.05) is 12.0 Å². The summed E-state index contributed by atoms with van der Waals surface area (Å²) in [6.45, 7) is 0. The lowest BCUT2D eigenvalue weighted by Crippen LogP contribution is -2.06. The van der Waals surface area contributed by atoms with Gasteiger partial charge in [-0.1, -0.05) is 0 Å². The van der Waals surface area contributed by atoms with Crippen LogP contribution in [0.2, 0.25) is 0 Å². The standard InChI is InChI=1S/C17H13NO5/c1-21-16(19)12-6-4-11(5-7-12)15-18-14(17(20)23-15)9-8-13-3-2-10-22-13/h2-7,9-10H,8H2,1H3/b14-9+. The van der Waals surface area contributed by atoms with Crippen LogP contribution in [0.25, 0.3) is 0 Å². The molecule has 0 fully saturated rings. The molecule has 6 nitrogen and oxygen atoms in total. The van der Waals surface area contributed by atoms with Gasteiger partial charge in [0.05, 0.1) is 18.9 Å². The molecule has 0 amide bonds. The number of allylic oxidation sites excluding steroid dienone is 1. The lowest BCUT2D eigenvalue weighted by molar-refractivity contribution is -0.130. The summed E-state index contributed by atoms with van der Waals surface area (Å²) in [6, 6.07) is 10.1. The molecule has 116 valence electrons. The maximum absolute atomic E-state index is 11.8. The summed E-state index contributed by atoms with van der Waals surface area (Å²) in [4.78, 5) is 27.4. The maximum atomic E-state index is 11.8. The van der Waals surface area contributed by atoms with Crippen molar-refractivity contribution in [3.05, 3.63) is 71.3 Å². The van der Waals surface area contributed by atoms with E-state index in [2.05, 4.69) is 9.73 Å². The second-order valence-electron chi connectivity index (χ2n) is 4.75. The van der Waals surface area contributed by atoms with Gasteiger partial charge in [-0.25, -0.2) is 14.6 Å². The Balaban J connectivity index is 1.78. The zero-order valence-corrected chi connectivity index (χ0v) is 12.3. The number of cyclic esters (lactones) is 1. The second-order valence-corrected chi connectivity index (χ2v) is 4.75. The molecule has 2 aromatic rings. The average Bonchev–Trinajstić information content (AvgIpc) is 3.22. The van der Waals surface area contributed by atoms with E-state index in [4.69, 9.17) is 9.15 Å². The summed E-state index contributed by atoms with van der Waals surface area (Å²) in [5, 5.41) is 0. The Hall–Kier alpha value is -3.15. The summed E-state index contributed by atoms with van der Waals surface area (Å²) < 4.78 is 15.0. The molecule has 0 aliphatic carbocycles. The molecule has 2 heterocycles. The molecule has 1 aromatic heterocycles. The predicted molar refractivity (Wildman–Crippen MR) is 80.9 cm³/mol. The van der Waals surface area contributed by atoms with Crippen LogP contribution in [0.3, 0.4) is 0 Å². The Morgan fingerprint density at radius 2 is 2.04 bits per heavy atom. The van der Waals surface area contributed by atoms with Crippen LogP contribution in [0, 0.1) is 0 Å². The first-order chi connectivity index (χ1) is 11.2. The lowest BCUT2D eigenvalue weighted by atomic mass is 10.1. The van der Waals surface area contributed by atoms with Crippen molar-refractivity contribution in [2.75, 3.05) is 7.11 Å². The normalized spacial score (nSPS) is 15.4. The fourth-order valence-electron chi connectivity index (χ4n) is 2.06. The highest BCUT2D eigenvalue weighted by Crippen LogP contribution is 2.18. The third-order valence-corrected chi connectivity index (χ3v) is 3.25. The molecule has 0 unspecified atom stereocenters. The third kappa shape index (κ3) is 3.21. The molecule has 0 saturated heterocycles. The Morgan fingerprint density at radius 3 is 2.70 bits per heavy atom. The van der Waals surface area contributed by atoms with Crippen LogP contribution in [0.5, 0.6) is 0 Å². The van der Waals surface area contributed by atoms with Gasteiger partial charge in [0.1, 0.15) is 11.5 Å². The van der Waals surface area contributed by atoms with Gasteiger partial charge in [-0.05, 0) is 42.5 Å². The largest absolute Gasteiger partial charge is 0.469 e. The molecule has 3 rings (SSSR count). The van der Waals surface area contributed by atoms with Crippen LogP contribution in [0.15, 0.2) is 63.8 Å². The number of ether oxygens (including phenoxy) is 2. The number of methoxy groups -OCH3 is 1. The van der Waals surface area contributed by atoms with E-state index in [1.807, 2.05) is 6.07 Å². The van der Waals surface area contributed by atoms with Gasteiger partial charge in [0.25, 0.3) is 0 Å². The Kier molecular flexibility index (Phi) is 4.05. The number of furan rings is 1. The van der Waals surface area contributed by atoms with Gasteiger partial charge in [-0.3, -0.25) is 0 Å². The van der Waals surface area contributed by atoms with Crippen molar-refractivity contribution < 1.29 is 23.5 Å². The van der Waals surface area contributed by atoms with E-state index in [-0.39, 0.29) is 11.6 Å². The number of hydrogen-bond donors (Lipinski definition) is 0. The first-order valence-corrected chi connectivity index (χ1v) is 6.89. The minimum absolute atomic E-state index is 0.206. The van der Waals surface area contributed by atoms with Crippen molar-refractivity contribution in [1.82, 2.24) is 0 Å². The van der Waals surface area contributed by atoms with E-state index in [1.165, 1.54) is 7.11 Å². The molecular weight excluding hydrogens is 298 g/mol. The molecule has 23 heavy (non-hydrogen) atoms. The number of rotatable bonds is 4. The van der Waals surface area contributed by atoms with Crippen molar-refractivity contribution in [2.24, 2.45) is 4.99 Å². The predicted octanol–water partition coefficient (Wildman–Crippen LogP) is 2.50. The molecule has 0 N–H and O–H groups in total. The minimum atomic E-state index is -0.511. The van der Waals surface area contributed by atoms with Gasteiger partial charge in [-0.2, -0.15) is 0 Å². The van der Waals surface area contributed by atoms with Crippen LogP contribution in [0.4, 0.5) is 0 Å². The molecule has 0 radical (unpaired) electrons. The van der Waals surface area contributed by atoms with Crippen molar-refractivity contribution in [1.29, 1.82) is 0 Å². The first-order valence-electron chi connectivity index (χ1n) is 6.89. The van der Waals surface area contributed by atoms with Crippen LogP contribution >= 0.6 is 0 Å². The zero-order valence-electron chi connectivity index (χ0n) is 12.3. The smallest absolute Gasteiger partial charge is 0.363 e. The quantitative estimate of drug-likeness (QED) is 0.640. The summed E-state index contributed by atoms with van der Waals surface area (Å²) in [7, 11) is 1.31. The monoisotopic (exact) mass is 311 g/mol. The van der Waals surface area contributed by atoms with Crippen LogP contribution < -0.4 is 0 Å². The molecule has 1 aromatic carbocycles.